The number of ether oxygens (including phenoxy) is 2. The molecule has 1 aliphatic carbocycles. The van der Waals surface area contributed by atoms with Gasteiger partial charge in [-0.05, 0) is 55.7 Å². The molecule has 0 bridgehead atoms. The minimum absolute atomic E-state index is 0.0278. The van der Waals surface area contributed by atoms with Crippen LogP contribution in [0.5, 0.6) is 11.5 Å². The van der Waals surface area contributed by atoms with Crippen LogP contribution in [0, 0.1) is 5.92 Å². The molecule has 154 valence electrons. The fourth-order valence-corrected chi connectivity index (χ4v) is 3.78. The molecule has 0 N–H and O–H groups in total. The molecule has 6 nitrogen and oxygen atoms in total. The van der Waals surface area contributed by atoms with E-state index in [9.17, 15) is 9.59 Å². The van der Waals surface area contributed by atoms with Gasteiger partial charge in [0.15, 0.2) is 0 Å². The highest BCUT2D eigenvalue weighted by molar-refractivity contribution is 5.87. The van der Waals surface area contributed by atoms with Crippen molar-refractivity contribution < 1.29 is 19.1 Å². The zero-order valence-corrected chi connectivity index (χ0v) is 17.1. The minimum Gasteiger partial charge on any atom is -0.497 e. The van der Waals surface area contributed by atoms with Crippen LogP contribution in [0.15, 0.2) is 36.7 Å². The maximum absolute atomic E-state index is 12.3. The third-order valence-electron chi connectivity index (χ3n) is 5.54. The third-order valence-corrected chi connectivity index (χ3v) is 5.54. The maximum atomic E-state index is 12.3. The van der Waals surface area contributed by atoms with E-state index in [0.717, 1.165) is 44.1 Å². The molecule has 0 aliphatic heterocycles. The zero-order valence-electron chi connectivity index (χ0n) is 17.1. The van der Waals surface area contributed by atoms with Gasteiger partial charge in [0, 0.05) is 30.8 Å². The Morgan fingerprint density at radius 3 is 2.41 bits per heavy atom. The Morgan fingerprint density at radius 1 is 1.07 bits per heavy atom. The highest BCUT2D eigenvalue weighted by atomic mass is 16.5. The van der Waals surface area contributed by atoms with Crippen LogP contribution in [0.1, 0.15) is 74.0 Å². The summed E-state index contributed by atoms with van der Waals surface area (Å²) in [4.78, 5) is 32.9. The first-order valence-corrected chi connectivity index (χ1v) is 10.3. The molecule has 0 atom stereocenters. The number of rotatable bonds is 8. The average Bonchev–Trinajstić information content (AvgIpc) is 2.77. The van der Waals surface area contributed by atoms with Gasteiger partial charge in [-0.3, -0.25) is 4.79 Å². The van der Waals surface area contributed by atoms with Gasteiger partial charge in [-0.2, -0.15) is 0 Å². The van der Waals surface area contributed by atoms with Crippen LogP contribution in [0.3, 0.4) is 0 Å². The molecular weight excluding hydrogens is 368 g/mol. The predicted octanol–water partition coefficient (Wildman–Crippen LogP) is 4.74. The Labute approximate surface area is 171 Å². The molecular formula is C23H28N2O4. The number of unbranched alkanes of at least 4 members (excludes halogenated alkanes) is 1. The molecule has 1 aromatic heterocycles. The van der Waals surface area contributed by atoms with E-state index in [1.165, 1.54) is 0 Å². The van der Waals surface area contributed by atoms with Crippen LogP contribution in [-0.2, 0) is 4.79 Å². The van der Waals surface area contributed by atoms with E-state index < -0.39 is 5.97 Å². The summed E-state index contributed by atoms with van der Waals surface area (Å²) in [6.07, 6.45) is 9.93. The van der Waals surface area contributed by atoms with Crippen molar-refractivity contribution >= 4 is 11.8 Å². The molecule has 3 rings (SSSR count). The lowest BCUT2D eigenvalue weighted by molar-refractivity contribution is -0.124. The fraction of sp³-hybridized carbons (Fsp3) is 0.478. The second kappa shape index (κ2) is 10.1. The van der Waals surface area contributed by atoms with Crippen LogP contribution >= 0.6 is 0 Å². The molecule has 0 spiro atoms. The van der Waals surface area contributed by atoms with E-state index in [4.69, 9.17) is 9.47 Å². The molecule has 0 unspecified atom stereocenters. The largest absolute Gasteiger partial charge is 0.497 e. The summed E-state index contributed by atoms with van der Waals surface area (Å²) >= 11 is 0. The van der Waals surface area contributed by atoms with Crippen molar-refractivity contribution in [1.29, 1.82) is 0 Å². The summed E-state index contributed by atoms with van der Waals surface area (Å²) in [6, 6.07) is 6.82. The van der Waals surface area contributed by atoms with Crippen LogP contribution in [0.4, 0.5) is 0 Å². The SMILES string of the molecule is CCCCC(=O)[C@H]1CC[C@H](c2cnc(C(=O)Oc3cccc(OC)c3)nc2)CC1. The number of carbonyl (C=O) groups excluding carboxylic acids is 2. The number of esters is 1. The number of carbonyl (C=O) groups is 2. The lowest BCUT2D eigenvalue weighted by Gasteiger charge is -2.27. The number of aromatic nitrogens is 2. The molecule has 1 fully saturated rings. The molecule has 2 aromatic rings. The topological polar surface area (TPSA) is 78.4 Å². The van der Waals surface area contributed by atoms with E-state index in [0.29, 0.717) is 29.6 Å². The van der Waals surface area contributed by atoms with Gasteiger partial charge < -0.3 is 9.47 Å². The van der Waals surface area contributed by atoms with Gasteiger partial charge in [0.05, 0.1) is 7.11 Å². The van der Waals surface area contributed by atoms with Gasteiger partial charge in [-0.25, -0.2) is 14.8 Å². The van der Waals surface area contributed by atoms with E-state index in [1.54, 1.807) is 43.8 Å². The van der Waals surface area contributed by atoms with Crippen LogP contribution < -0.4 is 9.47 Å². The summed E-state index contributed by atoms with van der Waals surface area (Å²) in [5, 5.41) is 0. The van der Waals surface area contributed by atoms with E-state index in [2.05, 4.69) is 16.9 Å². The smallest absolute Gasteiger partial charge is 0.381 e. The molecule has 1 heterocycles. The van der Waals surface area contributed by atoms with Gasteiger partial charge in [-0.1, -0.05) is 19.4 Å². The summed E-state index contributed by atoms with van der Waals surface area (Å²) < 4.78 is 10.4. The Balaban J connectivity index is 1.55. The van der Waals surface area contributed by atoms with Crippen molar-refractivity contribution in [2.75, 3.05) is 7.11 Å². The Hall–Kier alpha value is -2.76. The first-order chi connectivity index (χ1) is 14.1. The predicted molar refractivity (Wildman–Crippen MR) is 109 cm³/mol. The summed E-state index contributed by atoms with van der Waals surface area (Å²) in [6.45, 7) is 2.11. The molecule has 1 aromatic carbocycles. The maximum Gasteiger partial charge on any atom is 0.381 e. The van der Waals surface area contributed by atoms with Crippen molar-refractivity contribution in [3.63, 3.8) is 0 Å². The number of hydrogen-bond donors (Lipinski definition) is 0. The molecule has 6 heteroatoms. The summed E-state index contributed by atoms with van der Waals surface area (Å²) in [5.74, 6) is 1.38. The number of ketones is 1. The van der Waals surface area contributed by atoms with Gasteiger partial charge in [0.2, 0.25) is 5.82 Å². The Morgan fingerprint density at radius 2 is 1.76 bits per heavy atom. The quantitative estimate of drug-likeness (QED) is 0.474. The van der Waals surface area contributed by atoms with E-state index >= 15 is 0 Å². The molecule has 29 heavy (non-hydrogen) atoms. The van der Waals surface area contributed by atoms with Gasteiger partial charge >= 0.3 is 5.97 Å². The van der Waals surface area contributed by atoms with Crippen molar-refractivity contribution in [2.24, 2.45) is 5.92 Å². The standard InChI is InChI=1S/C23H28N2O4/c1-3-4-8-21(26)17-11-9-16(10-12-17)18-14-24-22(25-15-18)23(27)29-20-7-5-6-19(13-20)28-2/h5-7,13-17H,3-4,8-12H2,1-2H3/t16-,17-. The van der Waals surface area contributed by atoms with Crippen LogP contribution in [-0.4, -0.2) is 28.8 Å². The number of methoxy groups -OCH3 is 1. The first-order valence-electron chi connectivity index (χ1n) is 10.3. The first kappa shape index (κ1) is 21.0. The molecule has 1 saturated carbocycles. The third kappa shape index (κ3) is 5.62. The number of hydrogen-bond acceptors (Lipinski definition) is 6. The van der Waals surface area contributed by atoms with E-state index in [-0.39, 0.29) is 11.7 Å². The van der Waals surface area contributed by atoms with Crippen molar-refractivity contribution in [2.45, 2.75) is 57.8 Å². The number of benzene rings is 1. The average molecular weight is 396 g/mol. The van der Waals surface area contributed by atoms with Gasteiger partial charge in [0.1, 0.15) is 17.3 Å². The van der Waals surface area contributed by atoms with Gasteiger partial charge in [-0.15, -0.1) is 0 Å². The lowest BCUT2D eigenvalue weighted by Crippen LogP contribution is -2.21. The van der Waals surface area contributed by atoms with Crippen molar-refractivity contribution in [3.05, 3.63) is 48.0 Å². The second-order valence-electron chi connectivity index (χ2n) is 7.53. The fourth-order valence-electron chi connectivity index (χ4n) is 3.78. The second-order valence-corrected chi connectivity index (χ2v) is 7.53. The minimum atomic E-state index is -0.602. The molecule has 0 radical (unpaired) electrons. The summed E-state index contributed by atoms with van der Waals surface area (Å²) in [5.41, 5.74) is 1.02. The van der Waals surface area contributed by atoms with Crippen LogP contribution in [0.2, 0.25) is 0 Å². The highest BCUT2D eigenvalue weighted by Gasteiger charge is 2.27. The Kier molecular flexibility index (Phi) is 7.33. The molecule has 0 saturated heterocycles. The Bertz CT molecular complexity index is 827. The summed E-state index contributed by atoms with van der Waals surface area (Å²) in [7, 11) is 1.55. The van der Waals surface area contributed by atoms with Gasteiger partial charge in [0.25, 0.3) is 0 Å². The molecule has 0 amide bonds. The van der Waals surface area contributed by atoms with E-state index in [1.807, 2.05) is 0 Å². The number of nitrogens with zero attached hydrogens (tertiary/aromatic N) is 2. The highest BCUT2D eigenvalue weighted by Crippen LogP contribution is 2.36. The zero-order chi connectivity index (χ0) is 20.6. The van der Waals surface area contributed by atoms with Crippen molar-refractivity contribution in [3.8, 4) is 11.5 Å². The molecule has 1 aliphatic rings. The number of Topliss-reactive ketones (excluding diaryl/α,β-unsaturated/α-hetero) is 1. The normalized spacial score (nSPS) is 18.8. The van der Waals surface area contributed by atoms with Crippen LogP contribution in [0.25, 0.3) is 0 Å². The van der Waals surface area contributed by atoms with Crippen molar-refractivity contribution in [1.82, 2.24) is 9.97 Å². The lowest BCUT2D eigenvalue weighted by atomic mass is 9.77. The monoisotopic (exact) mass is 396 g/mol.